The van der Waals surface area contributed by atoms with Crippen molar-refractivity contribution < 1.29 is 4.39 Å². The van der Waals surface area contributed by atoms with Crippen LogP contribution < -0.4 is 0 Å². The summed E-state index contributed by atoms with van der Waals surface area (Å²) in [5.41, 5.74) is 1.08. The van der Waals surface area contributed by atoms with Gasteiger partial charge in [-0.3, -0.25) is 0 Å². The van der Waals surface area contributed by atoms with E-state index in [9.17, 15) is 4.39 Å². The highest BCUT2D eigenvalue weighted by Gasteiger charge is 2.13. The monoisotopic (exact) mass is 265 g/mol. The maximum atomic E-state index is 12.9. The van der Waals surface area contributed by atoms with E-state index < -0.39 is 0 Å². The van der Waals surface area contributed by atoms with Gasteiger partial charge in [0, 0.05) is 11.3 Å². The average Bonchev–Trinajstić information content (AvgIpc) is 2.78. The van der Waals surface area contributed by atoms with Gasteiger partial charge in [0.2, 0.25) is 0 Å². The van der Waals surface area contributed by atoms with E-state index in [1.54, 1.807) is 18.1 Å². The Hall–Kier alpha value is -1.36. The summed E-state index contributed by atoms with van der Waals surface area (Å²) in [5.74, 6) is -0.207. The normalized spacial score (nSPS) is 12.9. The van der Waals surface area contributed by atoms with Gasteiger partial charge in [0.15, 0.2) is 5.16 Å². The molecule has 0 radical (unpaired) electrons. The second-order valence-corrected chi connectivity index (χ2v) is 5.73. The Morgan fingerprint density at radius 2 is 1.83 bits per heavy atom. The number of aromatic nitrogens is 3. The number of nitrogens with zero attached hydrogens (tertiary/aromatic N) is 3. The van der Waals surface area contributed by atoms with Gasteiger partial charge in [-0.15, -0.1) is 10.2 Å². The van der Waals surface area contributed by atoms with Crippen LogP contribution >= 0.6 is 11.8 Å². The van der Waals surface area contributed by atoms with Crippen molar-refractivity contribution in [3.8, 4) is 0 Å². The molecule has 3 nitrogen and oxygen atoms in total. The van der Waals surface area contributed by atoms with Crippen molar-refractivity contribution >= 4 is 11.8 Å². The van der Waals surface area contributed by atoms with Crippen molar-refractivity contribution in [3.05, 3.63) is 42.0 Å². The Morgan fingerprint density at radius 3 is 2.44 bits per heavy atom. The number of benzene rings is 1. The first-order chi connectivity index (χ1) is 8.58. The lowest BCUT2D eigenvalue weighted by Gasteiger charge is -2.14. The van der Waals surface area contributed by atoms with Crippen molar-refractivity contribution in [2.24, 2.45) is 0 Å². The zero-order chi connectivity index (χ0) is 13.1. The molecule has 5 heteroatoms. The van der Waals surface area contributed by atoms with Crippen LogP contribution in [0, 0.1) is 5.82 Å². The van der Waals surface area contributed by atoms with Gasteiger partial charge in [-0.2, -0.15) is 0 Å². The van der Waals surface area contributed by atoms with Crippen molar-refractivity contribution in [2.45, 2.75) is 37.2 Å². The summed E-state index contributed by atoms with van der Waals surface area (Å²) < 4.78 is 14.9. The molecule has 1 heterocycles. The second kappa shape index (κ2) is 5.52. The maximum absolute atomic E-state index is 12.9. The summed E-state index contributed by atoms with van der Waals surface area (Å²) in [5, 5.41) is 9.16. The first-order valence-electron chi connectivity index (χ1n) is 5.89. The molecule has 1 unspecified atom stereocenters. The van der Waals surface area contributed by atoms with Crippen LogP contribution in [0.15, 0.2) is 35.7 Å². The molecule has 18 heavy (non-hydrogen) atoms. The molecule has 0 aliphatic heterocycles. The van der Waals surface area contributed by atoms with Crippen molar-refractivity contribution in [1.82, 2.24) is 14.8 Å². The summed E-state index contributed by atoms with van der Waals surface area (Å²) in [7, 11) is 0. The molecule has 0 aliphatic rings. The number of halogens is 1. The molecule has 0 saturated carbocycles. The van der Waals surface area contributed by atoms with Crippen LogP contribution in [-0.4, -0.2) is 14.8 Å². The van der Waals surface area contributed by atoms with Gasteiger partial charge in [-0.05, 0) is 38.5 Å². The quantitative estimate of drug-likeness (QED) is 0.787. The van der Waals surface area contributed by atoms with Gasteiger partial charge in [0.25, 0.3) is 0 Å². The van der Waals surface area contributed by atoms with Gasteiger partial charge in [-0.1, -0.05) is 23.9 Å². The SMILES string of the molecule is CC(Sc1nncn1C(C)C)c1ccc(F)cc1. The predicted octanol–water partition coefficient (Wildman–Crippen LogP) is 3.85. The van der Waals surface area contributed by atoms with E-state index in [4.69, 9.17) is 0 Å². The van der Waals surface area contributed by atoms with E-state index >= 15 is 0 Å². The Morgan fingerprint density at radius 1 is 1.17 bits per heavy atom. The van der Waals surface area contributed by atoms with Gasteiger partial charge in [0.1, 0.15) is 12.1 Å². The van der Waals surface area contributed by atoms with Crippen LogP contribution in [0.2, 0.25) is 0 Å². The minimum Gasteiger partial charge on any atom is -0.306 e. The van der Waals surface area contributed by atoms with E-state index in [1.807, 2.05) is 16.7 Å². The van der Waals surface area contributed by atoms with Crippen molar-refractivity contribution in [2.75, 3.05) is 0 Å². The molecule has 0 aliphatic carbocycles. The standard InChI is InChI=1S/C13H16FN3S/c1-9(2)17-8-15-16-13(17)18-10(3)11-4-6-12(14)7-5-11/h4-10H,1-3H3. The summed E-state index contributed by atoms with van der Waals surface area (Å²) in [6.07, 6.45) is 1.74. The lowest BCUT2D eigenvalue weighted by atomic mass is 10.2. The fourth-order valence-electron chi connectivity index (χ4n) is 1.63. The Balaban J connectivity index is 2.13. The predicted molar refractivity (Wildman–Crippen MR) is 71.1 cm³/mol. The fourth-order valence-corrected chi connectivity index (χ4v) is 2.71. The van der Waals surface area contributed by atoms with Crippen LogP contribution in [0.1, 0.15) is 37.6 Å². The highest BCUT2D eigenvalue weighted by Crippen LogP contribution is 2.34. The highest BCUT2D eigenvalue weighted by atomic mass is 32.2. The smallest absolute Gasteiger partial charge is 0.191 e. The summed E-state index contributed by atoms with van der Waals surface area (Å²) in [6, 6.07) is 6.92. The van der Waals surface area contributed by atoms with E-state index in [0.717, 1.165) is 10.7 Å². The highest BCUT2D eigenvalue weighted by molar-refractivity contribution is 7.99. The summed E-state index contributed by atoms with van der Waals surface area (Å²) >= 11 is 1.63. The lowest BCUT2D eigenvalue weighted by molar-refractivity contribution is 0.549. The fraction of sp³-hybridized carbons (Fsp3) is 0.385. The third-order valence-corrected chi connectivity index (χ3v) is 3.85. The van der Waals surface area contributed by atoms with E-state index in [1.165, 1.54) is 12.1 Å². The van der Waals surface area contributed by atoms with Crippen molar-refractivity contribution in [1.29, 1.82) is 0 Å². The van der Waals surface area contributed by atoms with Gasteiger partial charge in [0.05, 0.1) is 0 Å². The van der Waals surface area contributed by atoms with Gasteiger partial charge >= 0.3 is 0 Å². The molecule has 0 N–H and O–H groups in total. The molecule has 0 fully saturated rings. The molecule has 1 aromatic carbocycles. The molecule has 2 aromatic rings. The minimum atomic E-state index is -0.207. The summed E-state index contributed by atoms with van der Waals surface area (Å²) in [4.78, 5) is 0. The molecular weight excluding hydrogens is 249 g/mol. The Kier molecular flexibility index (Phi) is 4.01. The molecule has 0 spiro atoms. The molecule has 1 aromatic heterocycles. The third-order valence-electron chi connectivity index (χ3n) is 2.72. The van der Waals surface area contributed by atoms with E-state index in [-0.39, 0.29) is 11.1 Å². The van der Waals surface area contributed by atoms with Gasteiger partial charge < -0.3 is 4.57 Å². The van der Waals surface area contributed by atoms with Crippen LogP contribution in [0.4, 0.5) is 4.39 Å². The number of hydrogen-bond donors (Lipinski definition) is 0. The number of thioether (sulfide) groups is 1. The second-order valence-electron chi connectivity index (χ2n) is 4.43. The summed E-state index contributed by atoms with van der Waals surface area (Å²) in [6.45, 7) is 6.27. The molecule has 0 bridgehead atoms. The topological polar surface area (TPSA) is 30.7 Å². The first-order valence-corrected chi connectivity index (χ1v) is 6.77. The third kappa shape index (κ3) is 2.90. The zero-order valence-corrected chi connectivity index (χ0v) is 11.5. The minimum absolute atomic E-state index is 0.207. The number of rotatable bonds is 4. The lowest BCUT2D eigenvalue weighted by Crippen LogP contribution is -2.02. The van der Waals surface area contributed by atoms with E-state index in [2.05, 4.69) is 31.0 Å². The largest absolute Gasteiger partial charge is 0.306 e. The average molecular weight is 265 g/mol. The maximum Gasteiger partial charge on any atom is 0.191 e. The van der Waals surface area contributed by atoms with Crippen LogP contribution in [0.5, 0.6) is 0 Å². The molecule has 1 atom stereocenters. The first kappa shape index (κ1) is 13.1. The molecule has 0 saturated heterocycles. The zero-order valence-electron chi connectivity index (χ0n) is 10.7. The molecule has 0 amide bonds. The molecule has 96 valence electrons. The Labute approximate surface area is 110 Å². The molecular formula is C13H16FN3S. The van der Waals surface area contributed by atoms with Crippen molar-refractivity contribution in [3.63, 3.8) is 0 Å². The number of hydrogen-bond acceptors (Lipinski definition) is 3. The van der Waals surface area contributed by atoms with Crippen LogP contribution in [0.25, 0.3) is 0 Å². The molecule has 2 rings (SSSR count). The Bertz CT molecular complexity index is 507. The van der Waals surface area contributed by atoms with Crippen LogP contribution in [-0.2, 0) is 0 Å². The van der Waals surface area contributed by atoms with E-state index in [0.29, 0.717) is 6.04 Å². The van der Waals surface area contributed by atoms with Crippen LogP contribution in [0.3, 0.4) is 0 Å². The van der Waals surface area contributed by atoms with Gasteiger partial charge in [-0.25, -0.2) is 4.39 Å².